The van der Waals surface area contributed by atoms with E-state index in [1.165, 1.54) is 5.69 Å². The van der Waals surface area contributed by atoms with Gasteiger partial charge in [0.2, 0.25) is 0 Å². The Morgan fingerprint density at radius 1 is 0.964 bits per heavy atom. The second-order valence-electron chi connectivity index (χ2n) is 6.40. The third-order valence-corrected chi connectivity index (χ3v) is 6.20. The van der Waals surface area contributed by atoms with E-state index in [0.717, 1.165) is 50.4 Å². The molecule has 4 aromatic rings. The van der Waals surface area contributed by atoms with Crippen molar-refractivity contribution in [1.29, 1.82) is 0 Å². The molecule has 0 fully saturated rings. The van der Waals surface area contributed by atoms with Crippen LogP contribution >= 0.6 is 27.3 Å². The molecule has 28 heavy (non-hydrogen) atoms. The van der Waals surface area contributed by atoms with Gasteiger partial charge in [-0.05, 0) is 55.8 Å². The van der Waals surface area contributed by atoms with Gasteiger partial charge in [0.05, 0.1) is 5.39 Å². The summed E-state index contributed by atoms with van der Waals surface area (Å²) >= 11 is 5.15. The molecule has 0 amide bonds. The van der Waals surface area contributed by atoms with Gasteiger partial charge >= 0.3 is 0 Å². The number of fused-ring (bicyclic) bond motifs is 1. The Hall–Kier alpha value is -2.44. The van der Waals surface area contributed by atoms with Crippen LogP contribution in [-0.2, 0) is 0 Å². The van der Waals surface area contributed by atoms with Crippen molar-refractivity contribution in [3.05, 3.63) is 64.7 Å². The first kappa shape index (κ1) is 18.9. The van der Waals surface area contributed by atoms with Gasteiger partial charge in [0, 0.05) is 39.9 Å². The van der Waals surface area contributed by atoms with Gasteiger partial charge in [-0.25, -0.2) is 9.97 Å². The van der Waals surface area contributed by atoms with E-state index in [1.807, 2.05) is 0 Å². The van der Waals surface area contributed by atoms with Crippen LogP contribution < -0.4 is 10.2 Å². The summed E-state index contributed by atoms with van der Waals surface area (Å²) in [6, 6.07) is 16.8. The highest BCUT2D eigenvalue weighted by atomic mass is 79.9. The van der Waals surface area contributed by atoms with E-state index in [0.29, 0.717) is 0 Å². The van der Waals surface area contributed by atoms with Crippen LogP contribution in [0.15, 0.2) is 64.7 Å². The van der Waals surface area contributed by atoms with Gasteiger partial charge in [0.1, 0.15) is 17.0 Å². The quantitative estimate of drug-likeness (QED) is 0.352. The SMILES string of the molecule is CCN(CC)c1ccc(Nc2ncnc3scc(-c4ccc(Br)cc4)c23)cc1. The third kappa shape index (κ3) is 3.75. The fraction of sp³-hybridized carbons (Fsp3) is 0.182. The number of halogens is 1. The summed E-state index contributed by atoms with van der Waals surface area (Å²) < 4.78 is 1.07. The molecule has 142 valence electrons. The molecule has 0 radical (unpaired) electrons. The Kier molecular flexibility index (Phi) is 5.59. The van der Waals surface area contributed by atoms with Crippen LogP contribution in [0, 0.1) is 0 Å². The predicted molar refractivity (Wildman–Crippen MR) is 124 cm³/mol. The molecule has 6 heteroatoms. The average Bonchev–Trinajstić information content (AvgIpc) is 3.16. The lowest BCUT2D eigenvalue weighted by Crippen LogP contribution is -2.21. The number of hydrogen-bond donors (Lipinski definition) is 1. The number of hydrogen-bond acceptors (Lipinski definition) is 5. The van der Waals surface area contributed by atoms with Crippen LogP contribution in [0.25, 0.3) is 21.3 Å². The zero-order valence-corrected chi connectivity index (χ0v) is 18.2. The van der Waals surface area contributed by atoms with Gasteiger partial charge < -0.3 is 10.2 Å². The number of thiophene rings is 1. The normalized spacial score (nSPS) is 11.0. The van der Waals surface area contributed by atoms with Crippen LogP contribution in [0.5, 0.6) is 0 Å². The van der Waals surface area contributed by atoms with Crippen LogP contribution in [0.3, 0.4) is 0 Å². The molecular formula is C22H21BrN4S. The fourth-order valence-corrected chi connectivity index (χ4v) is 4.47. The molecule has 0 saturated carbocycles. The van der Waals surface area contributed by atoms with E-state index in [9.17, 15) is 0 Å². The highest BCUT2D eigenvalue weighted by Gasteiger charge is 2.13. The Balaban J connectivity index is 1.69. The Labute approximate surface area is 177 Å². The van der Waals surface area contributed by atoms with Gasteiger partial charge in [0.25, 0.3) is 0 Å². The molecule has 4 rings (SSSR count). The summed E-state index contributed by atoms with van der Waals surface area (Å²) in [5.74, 6) is 0.833. The van der Waals surface area contributed by atoms with E-state index in [4.69, 9.17) is 0 Å². The first-order valence-corrected chi connectivity index (χ1v) is 11.0. The fourth-order valence-electron chi connectivity index (χ4n) is 3.29. The van der Waals surface area contributed by atoms with Crippen molar-refractivity contribution in [3.63, 3.8) is 0 Å². The maximum Gasteiger partial charge on any atom is 0.143 e. The molecule has 2 aromatic carbocycles. The highest BCUT2D eigenvalue weighted by Crippen LogP contribution is 2.37. The first-order chi connectivity index (χ1) is 13.7. The standard InChI is InChI=1S/C22H21BrN4S/c1-3-27(4-2)18-11-9-17(10-12-18)26-21-20-19(13-28-22(20)25-14-24-21)15-5-7-16(23)8-6-15/h5-14H,3-4H2,1-2H3,(H,24,25,26). The lowest BCUT2D eigenvalue weighted by molar-refractivity contribution is 0.866. The summed E-state index contributed by atoms with van der Waals surface area (Å²) in [4.78, 5) is 12.3. The zero-order chi connectivity index (χ0) is 19.5. The van der Waals surface area contributed by atoms with Gasteiger partial charge in [0.15, 0.2) is 0 Å². The minimum Gasteiger partial charge on any atom is -0.372 e. The Bertz CT molecular complexity index is 1070. The topological polar surface area (TPSA) is 41.0 Å². The second-order valence-corrected chi connectivity index (χ2v) is 8.18. The molecule has 0 aliphatic heterocycles. The molecule has 0 atom stereocenters. The number of nitrogens with zero attached hydrogens (tertiary/aromatic N) is 3. The molecule has 0 unspecified atom stereocenters. The molecule has 4 nitrogen and oxygen atoms in total. The second kappa shape index (κ2) is 8.29. The zero-order valence-electron chi connectivity index (χ0n) is 15.8. The van der Waals surface area contributed by atoms with Crippen LogP contribution in [0.2, 0.25) is 0 Å². The smallest absolute Gasteiger partial charge is 0.143 e. The van der Waals surface area contributed by atoms with Gasteiger partial charge in [-0.1, -0.05) is 28.1 Å². The van der Waals surface area contributed by atoms with Crippen molar-refractivity contribution in [2.24, 2.45) is 0 Å². The monoisotopic (exact) mass is 452 g/mol. The molecule has 2 aromatic heterocycles. The Morgan fingerprint density at radius 2 is 1.68 bits per heavy atom. The van der Waals surface area contributed by atoms with Crippen molar-refractivity contribution in [2.45, 2.75) is 13.8 Å². The van der Waals surface area contributed by atoms with Gasteiger partial charge in [-0.3, -0.25) is 0 Å². The number of nitrogens with one attached hydrogen (secondary N) is 1. The number of anilines is 3. The summed E-state index contributed by atoms with van der Waals surface area (Å²) in [5.41, 5.74) is 4.55. The molecule has 0 saturated heterocycles. The average molecular weight is 453 g/mol. The maximum atomic E-state index is 4.53. The summed E-state index contributed by atoms with van der Waals surface area (Å²) in [7, 11) is 0. The van der Waals surface area contributed by atoms with Crippen molar-refractivity contribution in [3.8, 4) is 11.1 Å². The Morgan fingerprint density at radius 3 is 2.36 bits per heavy atom. The van der Waals surface area contributed by atoms with E-state index in [-0.39, 0.29) is 0 Å². The number of benzene rings is 2. The lowest BCUT2D eigenvalue weighted by Gasteiger charge is -2.21. The van der Waals surface area contributed by atoms with E-state index in [2.05, 4.69) is 104 Å². The van der Waals surface area contributed by atoms with E-state index in [1.54, 1.807) is 17.7 Å². The largest absolute Gasteiger partial charge is 0.372 e. The van der Waals surface area contributed by atoms with Gasteiger partial charge in [-0.15, -0.1) is 11.3 Å². The predicted octanol–water partition coefficient (Wildman–Crippen LogP) is 6.71. The molecule has 0 spiro atoms. The summed E-state index contributed by atoms with van der Waals surface area (Å²) in [6.07, 6.45) is 1.62. The van der Waals surface area contributed by atoms with Crippen molar-refractivity contribution in [2.75, 3.05) is 23.3 Å². The lowest BCUT2D eigenvalue weighted by atomic mass is 10.1. The summed E-state index contributed by atoms with van der Waals surface area (Å²) in [6.45, 7) is 6.35. The minimum atomic E-state index is 0.833. The third-order valence-electron chi connectivity index (χ3n) is 4.78. The van der Waals surface area contributed by atoms with Crippen molar-refractivity contribution in [1.82, 2.24) is 9.97 Å². The maximum absolute atomic E-state index is 4.53. The van der Waals surface area contributed by atoms with Crippen molar-refractivity contribution < 1.29 is 0 Å². The molecule has 0 aliphatic carbocycles. The number of rotatable bonds is 6. The molecular weight excluding hydrogens is 432 g/mol. The van der Waals surface area contributed by atoms with E-state index >= 15 is 0 Å². The van der Waals surface area contributed by atoms with Crippen molar-refractivity contribution >= 4 is 54.7 Å². The van der Waals surface area contributed by atoms with Crippen LogP contribution in [-0.4, -0.2) is 23.1 Å². The molecule has 1 N–H and O–H groups in total. The molecule has 0 bridgehead atoms. The van der Waals surface area contributed by atoms with Gasteiger partial charge in [-0.2, -0.15) is 0 Å². The van der Waals surface area contributed by atoms with E-state index < -0.39 is 0 Å². The number of aromatic nitrogens is 2. The molecule has 0 aliphatic rings. The summed E-state index contributed by atoms with van der Waals surface area (Å²) in [5, 5.41) is 6.69. The molecule has 2 heterocycles. The highest BCUT2D eigenvalue weighted by molar-refractivity contribution is 9.10. The van der Waals surface area contributed by atoms with Crippen LogP contribution in [0.4, 0.5) is 17.2 Å². The minimum absolute atomic E-state index is 0.833. The van der Waals surface area contributed by atoms with Crippen LogP contribution in [0.1, 0.15) is 13.8 Å². The first-order valence-electron chi connectivity index (χ1n) is 9.29.